The molecule has 0 amide bonds. The highest BCUT2D eigenvalue weighted by atomic mass is 16.4. The summed E-state index contributed by atoms with van der Waals surface area (Å²) in [5, 5.41) is 18.1. The van der Waals surface area contributed by atoms with Gasteiger partial charge in [-0.2, -0.15) is 0 Å². The number of nitrogens with zero attached hydrogens (tertiary/aromatic N) is 1. The number of hydrogen-bond donors (Lipinski definition) is 2. The Morgan fingerprint density at radius 2 is 1.65 bits per heavy atom. The van der Waals surface area contributed by atoms with Crippen molar-refractivity contribution in [2.45, 2.75) is 27.7 Å². The SMILES string of the molecule is Cc1cc(C)c(N(CC(=O)O)CC(C)C(=O)O)c(C)c1. The first kappa shape index (κ1) is 16.0. The van der Waals surface area contributed by atoms with Crippen molar-refractivity contribution in [3.63, 3.8) is 0 Å². The first-order valence-corrected chi connectivity index (χ1v) is 6.49. The third-order valence-electron chi connectivity index (χ3n) is 3.19. The second kappa shape index (κ2) is 6.41. The van der Waals surface area contributed by atoms with E-state index in [1.54, 1.807) is 11.8 Å². The van der Waals surface area contributed by atoms with Gasteiger partial charge in [0.1, 0.15) is 6.54 Å². The maximum absolute atomic E-state index is 11.0. The summed E-state index contributed by atoms with van der Waals surface area (Å²) in [5.41, 5.74) is 3.83. The molecule has 0 aliphatic heterocycles. The Morgan fingerprint density at radius 3 is 2.05 bits per heavy atom. The van der Waals surface area contributed by atoms with Crippen LogP contribution in [0.2, 0.25) is 0 Å². The lowest BCUT2D eigenvalue weighted by atomic mass is 10.0. The standard InChI is InChI=1S/C15H21NO4/c1-9-5-10(2)14(11(3)6-9)16(8-13(17)18)7-12(4)15(19)20/h5-6,12H,7-8H2,1-4H3,(H,17,18)(H,19,20). The predicted octanol–water partition coefficient (Wildman–Crippen LogP) is 2.22. The molecule has 0 aliphatic rings. The van der Waals surface area contributed by atoms with Crippen molar-refractivity contribution in [2.24, 2.45) is 5.92 Å². The van der Waals surface area contributed by atoms with Gasteiger partial charge >= 0.3 is 11.9 Å². The van der Waals surface area contributed by atoms with Crippen LogP contribution in [-0.2, 0) is 9.59 Å². The average Bonchev–Trinajstić information content (AvgIpc) is 2.25. The van der Waals surface area contributed by atoms with E-state index in [2.05, 4.69) is 0 Å². The first-order chi connectivity index (χ1) is 9.22. The third-order valence-corrected chi connectivity index (χ3v) is 3.19. The summed E-state index contributed by atoms with van der Waals surface area (Å²) in [4.78, 5) is 23.7. The van der Waals surface area contributed by atoms with E-state index in [0.29, 0.717) is 0 Å². The van der Waals surface area contributed by atoms with Crippen LogP contribution < -0.4 is 4.90 Å². The van der Waals surface area contributed by atoms with E-state index in [-0.39, 0.29) is 13.1 Å². The van der Waals surface area contributed by atoms with Crippen molar-refractivity contribution in [2.75, 3.05) is 18.0 Å². The summed E-state index contributed by atoms with van der Waals surface area (Å²) in [7, 11) is 0. The molecule has 0 saturated carbocycles. The zero-order chi connectivity index (χ0) is 15.4. The number of benzene rings is 1. The Kier molecular flexibility index (Phi) is 5.13. The Bertz CT molecular complexity index is 502. The molecule has 0 heterocycles. The molecule has 1 rings (SSSR count). The van der Waals surface area contributed by atoms with Crippen LogP contribution in [0.5, 0.6) is 0 Å². The lowest BCUT2D eigenvalue weighted by molar-refractivity contribution is -0.141. The van der Waals surface area contributed by atoms with E-state index in [4.69, 9.17) is 10.2 Å². The minimum atomic E-state index is -0.970. The van der Waals surface area contributed by atoms with Crippen LogP contribution in [0.3, 0.4) is 0 Å². The number of carbonyl (C=O) groups is 2. The zero-order valence-corrected chi connectivity index (χ0v) is 12.3. The van der Waals surface area contributed by atoms with Crippen LogP contribution >= 0.6 is 0 Å². The van der Waals surface area contributed by atoms with Crippen LogP contribution in [0.25, 0.3) is 0 Å². The number of carboxylic acids is 2. The van der Waals surface area contributed by atoms with Crippen LogP contribution in [0, 0.1) is 26.7 Å². The summed E-state index contributed by atoms with van der Waals surface area (Å²) < 4.78 is 0. The van der Waals surface area contributed by atoms with Crippen LogP contribution in [-0.4, -0.2) is 35.2 Å². The van der Waals surface area contributed by atoms with Gasteiger partial charge in [0, 0.05) is 12.2 Å². The molecule has 0 bridgehead atoms. The molecule has 2 N–H and O–H groups in total. The monoisotopic (exact) mass is 279 g/mol. The van der Waals surface area contributed by atoms with Crippen molar-refractivity contribution in [1.82, 2.24) is 0 Å². The quantitative estimate of drug-likeness (QED) is 0.835. The Labute approximate surface area is 118 Å². The summed E-state index contributed by atoms with van der Waals surface area (Å²) in [5.74, 6) is -2.53. The molecule has 1 aromatic rings. The second-order valence-electron chi connectivity index (χ2n) is 5.26. The molecule has 110 valence electrons. The summed E-state index contributed by atoms with van der Waals surface area (Å²) in [6.07, 6.45) is 0. The van der Waals surface area contributed by atoms with Crippen molar-refractivity contribution < 1.29 is 19.8 Å². The van der Waals surface area contributed by atoms with E-state index < -0.39 is 17.9 Å². The number of aryl methyl sites for hydroxylation is 3. The van der Waals surface area contributed by atoms with Gasteiger partial charge in [0.2, 0.25) is 0 Å². The van der Waals surface area contributed by atoms with Gasteiger partial charge in [-0.1, -0.05) is 24.6 Å². The normalized spacial score (nSPS) is 12.0. The lowest BCUT2D eigenvalue weighted by Gasteiger charge is -2.28. The van der Waals surface area contributed by atoms with Crippen LogP contribution in [0.15, 0.2) is 12.1 Å². The molecule has 0 radical (unpaired) electrons. The van der Waals surface area contributed by atoms with Crippen LogP contribution in [0.1, 0.15) is 23.6 Å². The average molecular weight is 279 g/mol. The Hall–Kier alpha value is -2.04. The maximum atomic E-state index is 11.0. The van der Waals surface area contributed by atoms with Gasteiger partial charge in [0.15, 0.2) is 0 Å². The topological polar surface area (TPSA) is 77.8 Å². The fraction of sp³-hybridized carbons (Fsp3) is 0.467. The van der Waals surface area contributed by atoms with Gasteiger partial charge in [-0.15, -0.1) is 0 Å². The number of hydrogen-bond acceptors (Lipinski definition) is 3. The molecular formula is C15H21NO4. The molecule has 5 nitrogen and oxygen atoms in total. The fourth-order valence-corrected chi connectivity index (χ4v) is 2.48. The molecule has 1 atom stereocenters. The molecule has 0 aromatic heterocycles. The largest absolute Gasteiger partial charge is 0.481 e. The molecule has 1 unspecified atom stereocenters. The summed E-state index contributed by atoms with van der Waals surface area (Å²) >= 11 is 0. The molecule has 20 heavy (non-hydrogen) atoms. The van der Waals surface area contributed by atoms with Gasteiger partial charge in [0.05, 0.1) is 5.92 Å². The molecular weight excluding hydrogens is 258 g/mol. The molecule has 0 fully saturated rings. The van der Waals surface area contributed by atoms with Gasteiger partial charge in [-0.3, -0.25) is 9.59 Å². The van der Waals surface area contributed by atoms with Crippen LogP contribution in [0.4, 0.5) is 5.69 Å². The van der Waals surface area contributed by atoms with Crippen molar-refractivity contribution in [3.05, 3.63) is 28.8 Å². The van der Waals surface area contributed by atoms with Gasteiger partial charge in [0.25, 0.3) is 0 Å². The summed E-state index contributed by atoms with van der Waals surface area (Å²) in [6, 6.07) is 3.95. The minimum absolute atomic E-state index is 0.173. The third kappa shape index (κ3) is 3.98. The Morgan fingerprint density at radius 1 is 1.15 bits per heavy atom. The van der Waals surface area contributed by atoms with E-state index in [1.165, 1.54) is 0 Å². The number of rotatable bonds is 6. The van der Waals surface area contributed by atoms with Crippen molar-refractivity contribution >= 4 is 17.6 Å². The molecule has 0 saturated heterocycles. The molecule has 5 heteroatoms. The highest BCUT2D eigenvalue weighted by Gasteiger charge is 2.21. The fourth-order valence-electron chi connectivity index (χ4n) is 2.48. The number of carboxylic acid groups (broad SMARTS) is 2. The van der Waals surface area contributed by atoms with Crippen molar-refractivity contribution in [1.29, 1.82) is 0 Å². The summed E-state index contributed by atoms with van der Waals surface area (Å²) in [6.45, 7) is 7.35. The Balaban J connectivity index is 3.17. The number of aliphatic carboxylic acids is 2. The minimum Gasteiger partial charge on any atom is -0.481 e. The predicted molar refractivity (Wildman–Crippen MR) is 77.3 cm³/mol. The van der Waals surface area contributed by atoms with Crippen molar-refractivity contribution in [3.8, 4) is 0 Å². The molecule has 1 aromatic carbocycles. The van der Waals surface area contributed by atoms with Gasteiger partial charge in [-0.25, -0.2) is 0 Å². The highest BCUT2D eigenvalue weighted by Crippen LogP contribution is 2.27. The van der Waals surface area contributed by atoms with E-state index in [1.807, 2.05) is 32.9 Å². The first-order valence-electron chi connectivity index (χ1n) is 6.49. The smallest absolute Gasteiger partial charge is 0.323 e. The molecule has 0 aliphatic carbocycles. The number of anilines is 1. The lowest BCUT2D eigenvalue weighted by Crippen LogP contribution is -2.36. The molecule has 0 spiro atoms. The van der Waals surface area contributed by atoms with E-state index >= 15 is 0 Å². The van der Waals surface area contributed by atoms with Gasteiger partial charge in [-0.05, 0) is 31.9 Å². The van der Waals surface area contributed by atoms with E-state index in [0.717, 1.165) is 22.4 Å². The second-order valence-corrected chi connectivity index (χ2v) is 5.26. The van der Waals surface area contributed by atoms with Gasteiger partial charge < -0.3 is 15.1 Å². The highest BCUT2D eigenvalue weighted by molar-refractivity contribution is 5.77. The maximum Gasteiger partial charge on any atom is 0.323 e. The van der Waals surface area contributed by atoms with E-state index in [9.17, 15) is 9.59 Å². The zero-order valence-electron chi connectivity index (χ0n) is 12.3.